The summed E-state index contributed by atoms with van der Waals surface area (Å²) in [5, 5.41) is 16.8. The van der Waals surface area contributed by atoms with Gasteiger partial charge in [-0.25, -0.2) is 4.79 Å². The lowest BCUT2D eigenvalue weighted by atomic mass is 9.95. The molecule has 2 aromatic rings. The van der Waals surface area contributed by atoms with Gasteiger partial charge in [-0.1, -0.05) is 53.5 Å². The van der Waals surface area contributed by atoms with Crippen LogP contribution in [0.2, 0.25) is 10.0 Å². The van der Waals surface area contributed by atoms with Crippen molar-refractivity contribution in [2.24, 2.45) is 0 Å². The third kappa shape index (κ3) is 7.08. The van der Waals surface area contributed by atoms with Crippen LogP contribution in [0.25, 0.3) is 0 Å². The maximum Gasteiger partial charge on any atom is 0.322 e. The quantitative estimate of drug-likeness (QED) is 0.554. The molecule has 8 nitrogen and oxygen atoms in total. The zero-order valence-corrected chi connectivity index (χ0v) is 20.7. The van der Waals surface area contributed by atoms with E-state index in [-0.39, 0.29) is 50.3 Å². The molecule has 2 aliphatic heterocycles. The Morgan fingerprint density at radius 2 is 1.86 bits per heavy atom. The summed E-state index contributed by atoms with van der Waals surface area (Å²) in [4.78, 5) is 27.3. The van der Waals surface area contributed by atoms with Crippen molar-refractivity contribution in [3.63, 3.8) is 0 Å². The second-order valence-corrected chi connectivity index (χ2v) is 9.62. The van der Waals surface area contributed by atoms with Crippen LogP contribution in [0.5, 0.6) is 0 Å². The molecule has 0 aromatic heterocycles. The zero-order valence-electron chi connectivity index (χ0n) is 19.2. The van der Waals surface area contributed by atoms with E-state index >= 15 is 0 Å². The molecule has 0 aliphatic carbocycles. The van der Waals surface area contributed by atoms with Gasteiger partial charge < -0.3 is 30.1 Å². The van der Waals surface area contributed by atoms with Crippen LogP contribution in [-0.2, 0) is 20.8 Å². The van der Waals surface area contributed by atoms with E-state index in [9.17, 15) is 14.7 Å². The van der Waals surface area contributed by atoms with E-state index in [0.717, 1.165) is 5.56 Å². The Balaban J connectivity index is 1.37. The summed E-state index contributed by atoms with van der Waals surface area (Å²) in [7, 11) is 0. The number of ether oxygens (including phenoxy) is 2. The molecule has 0 spiro atoms. The largest absolute Gasteiger partial charge is 0.389 e. The van der Waals surface area contributed by atoms with Crippen molar-refractivity contribution in [1.82, 2.24) is 10.2 Å². The van der Waals surface area contributed by atoms with Gasteiger partial charge >= 0.3 is 6.03 Å². The minimum atomic E-state index is -0.822. The lowest BCUT2D eigenvalue weighted by Gasteiger charge is -2.44. The molecule has 4 atom stereocenters. The Labute approximate surface area is 214 Å². The number of carbonyl (C=O) groups is 2. The minimum Gasteiger partial charge on any atom is -0.389 e. The van der Waals surface area contributed by atoms with E-state index in [0.29, 0.717) is 35.1 Å². The van der Waals surface area contributed by atoms with E-state index in [2.05, 4.69) is 10.6 Å². The van der Waals surface area contributed by atoms with Gasteiger partial charge in [0.05, 0.1) is 54.5 Å². The summed E-state index contributed by atoms with van der Waals surface area (Å²) in [5.41, 5.74) is 1.53. The first-order valence-electron chi connectivity index (χ1n) is 11.6. The SMILES string of the molecule is O=C(C[C@H]1CC[C@@H]2[C@H](COC[C@@H](O)CN2C(=O)Nc2ccc(Cl)c(Cl)c2)O1)NCc1ccccc1. The number of nitrogens with one attached hydrogen (secondary N) is 2. The fraction of sp³-hybridized carbons (Fsp3) is 0.440. The van der Waals surface area contributed by atoms with Gasteiger partial charge in [-0.15, -0.1) is 0 Å². The molecule has 0 unspecified atom stereocenters. The summed E-state index contributed by atoms with van der Waals surface area (Å²) in [6.45, 7) is 0.869. The number of aliphatic hydroxyl groups excluding tert-OH is 1. The van der Waals surface area contributed by atoms with Crippen LogP contribution in [0.3, 0.4) is 0 Å². The van der Waals surface area contributed by atoms with E-state index in [1.54, 1.807) is 23.1 Å². The van der Waals surface area contributed by atoms with Crippen molar-refractivity contribution in [3.05, 3.63) is 64.1 Å². The summed E-state index contributed by atoms with van der Waals surface area (Å²) in [6.07, 6.45) is -0.0629. The van der Waals surface area contributed by atoms with Gasteiger partial charge in [-0.05, 0) is 36.6 Å². The van der Waals surface area contributed by atoms with Gasteiger partial charge in [0.2, 0.25) is 5.91 Å². The number of anilines is 1. The van der Waals surface area contributed by atoms with Gasteiger partial charge in [-0.3, -0.25) is 4.79 Å². The molecule has 10 heteroatoms. The molecule has 2 saturated heterocycles. The lowest BCUT2D eigenvalue weighted by molar-refractivity contribution is -0.149. The molecule has 35 heavy (non-hydrogen) atoms. The lowest BCUT2D eigenvalue weighted by Crippen LogP contribution is -2.58. The van der Waals surface area contributed by atoms with Crippen LogP contribution in [0, 0.1) is 0 Å². The van der Waals surface area contributed by atoms with Gasteiger partial charge in [0.25, 0.3) is 0 Å². The molecular weight excluding hydrogens is 493 g/mol. The summed E-state index contributed by atoms with van der Waals surface area (Å²) in [5.74, 6) is -0.0892. The summed E-state index contributed by atoms with van der Waals surface area (Å²) < 4.78 is 11.8. The zero-order chi connectivity index (χ0) is 24.8. The molecule has 4 rings (SSSR count). The van der Waals surface area contributed by atoms with Crippen LogP contribution in [0.15, 0.2) is 48.5 Å². The normalized spacial score (nSPS) is 24.6. The highest BCUT2D eigenvalue weighted by atomic mass is 35.5. The molecule has 2 aromatic carbocycles. The Kier molecular flexibility index (Phi) is 8.86. The predicted octanol–water partition coefficient (Wildman–Crippen LogP) is 3.84. The molecule has 2 aliphatic rings. The van der Waals surface area contributed by atoms with Crippen LogP contribution >= 0.6 is 23.2 Å². The van der Waals surface area contributed by atoms with E-state index in [1.165, 1.54) is 0 Å². The molecule has 0 saturated carbocycles. The number of carbonyl (C=O) groups excluding carboxylic acids is 2. The van der Waals surface area contributed by atoms with Gasteiger partial charge in [-0.2, -0.15) is 0 Å². The average Bonchev–Trinajstić information content (AvgIpc) is 2.83. The number of β-amino-alcohol motifs (C(OH)–C–C–N with tert-alkyl or cyclic N) is 1. The maximum absolute atomic E-state index is 13.2. The molecular formula is C25H29Cl2N3O5. The van der Waals surface area contributed by atoms with Crippen molar-refractivity contribution in [1.29, 1.82) is 0 Å². The van der Waals surface area contributed by atoms with Crippen LogP contribution in [0.1, 0.15) is 24.8 Å². The van der Waals surface area contributed by atoms with Gasteiger partial charge in [0, 0.05) is 12.2 Å². The van der Waals surface area contributed by atoms with Crippen molar-refractivity contribution in [2.45, 2.75) is 50.2 Å². The van der Waals surface area contributed by atoms with Crippen LogP contribution in [-0.4, -0.2) is 66.1 Å². The number of hydrogen-bond acceptors (Lipinski definition) is 5. The number of amides is 3. The number of aliphatic hydroxyl groups is 1. The molecule has 0 bridgehead atoms. The predicted molar refractivity (Wildman–Crippen MR) is 134 cm³/mol. The smallest absolute Gasteiger partial charge is 0.322 e. The standard InChI is InChI=1S/C25H29Cl2N3O5/c26-20-8-6-17(10-21(20)27)29-25(33)30-13-18(31)14-34-15-23-22(30)9-7-19(35-23)11-24(32)28-12-16-4-2-1-3-5-16/h1-6,8,10,18-19,22-23,31H,7,9,11-15H2,(H,28,32)(H,29,33)/t18-,19+,22+,23-/m0/s1. The van der Waals surface area contributed by atoms with Crippen molar-refractivity contribution in [2.75, 3.05) is 25.1 Å². The number of fused-ring (bicyclic) bond motifs is 1. The number of benzene rings is 2. The molecule has 0 radical (unpaired) electrons. The third-order valence-corrected chi connectivity index (χ3v) is 6.90. The van der Waals surface area contributed by atoms with Gasteiger partial charge in [0.1, 0.15) is 6.10 Å². The molecule has 2 heterocycles. The number of nitrogens with zero attached hydrogens (tertiary/aromatic N) is 1. The number of urea groups is 1. The first-order chi connectivity index (χ1) is 16.9. The third-order valence-electron chi connectivity index (χ3n) is 6.16. The number of halogens is 2. The first-order valence-corrected chi connectivity index (χ1v) is 12.4. The highest BCUT2D eigenvalue weighted by molar-refractivity contribution is 6.42. The summed E-state index contributed by atoms with van der Waals surface area (Å²) >= 11 is 12.0. The fourth-order valence-electron chi connectivity index (χ4n) is 4.42. The molecule has 188 valence electrons. The molecule has 3 amide bonds. The maximum atomic E-state index is 13.2. The van der Waals surface area contributed by atoms with E-state index in [1.807, 2.05) is 30.3 Å². The van der Waals surface area contributed by atoms with E-state index < -0.39 is 12.2 Å². The van der Waals surface area contributed by atoms with Crippen LogP contribution in [0.4, 0.5) is 10.5 Å². The topological polar surface area (TPSA) is 100 Å². The van der Waals surface area contributed by atoms with Crippen LogP contribution < -0.4 is 10.6 Å². The highest BCUT2D eigenvalue weighted by Gasteiger charge is 2.40. The van der Waals surface area contributed by atoms with Crippen molar-refractivity contribution >= 4 is 40.8 Å². The number of rotatable bonds is 5. The second-order valence-electron chi connectivity index (χ2n) is 8.81. The van der Waals surface area contributed by atoms with Crippen molar-refractivity contribution < 1.29 is 24.2 Å². The second kappa shape index (κ2) is 12.1. The highest BCUT2D eigenvalue weighted by Crippen LogP contribution is 2.29. The Hall–Kier alpha value is -2.36. The Bertz CT molecular complexity index is 1030. The van der Waals surface area contributed by atoms with Gasteiger partial charge in [0.15, 0.2) is 0 Å². The fourth-order valence-corrected chi connectivity index (χ4v) is 4.72. The van der Waals surface area contributed by atoms with E-state index in [4.69, 9.17) is 32.7 Å². The Morgan fingerprint density at radius 3 is 2.63 bits per heavy atom. The first kappa shape index (κ1) is 25.7. The molecule has 2 fully saturated rings. The van der Waals surface area contributed by atoms with Crippen molar-refractivity contribution in [3.8, 4) is 0 Å². The summed E-state index contributed by atoms with van der Waals surface area (Å²) in [6, 6.07) is 13.9. The average molecular weight is 522 g/mol. The monoisotopic (exact) mass is 521 g/mol. The number of hydrogen-bond donors (Lipinski definition) is 3. The minimum absolute atomic E-state index is 0.0887. The molecule has 3 N–H and O–H groups in total. The Morgan fingerprint density at radius 1 is 1.06 bits per heavy atom.